The Balaban J connectivity index is 2.26. The summed E-state index contributed by atoms with van der Waals surface area (Å²) in [5.74, 6) is -3.17. The Morgan fingerprint density at radius 2 is 1.57 bits per heavy atom. The van der Waals surface area contributed by atoms with E-state index in [2.05, 4.69) is 0 Å². The molecule has 0 unspecified atom stereocenters. The van der Waals surface area contributed by atoms with E-state index in [1.165, 1.54) is 11.4 Å². The third kappa shape index (κ3) is 3.41. The summed E-state index contributed by atoms with van der Waals surface area (Å²) in [6, 6.07) is 3.85. The highest BCUT2D eigenvalue weighted by molar-refractivity contribution is 7.91. The van der Waals surface area contributed by atoms with Crippen molar-refractivity contribution < 1.29 is 25.6 Å². The van der Waals surface area contributed by atoms with Gasteiger partial charge in [0.1, 0.15) is 0 Å². The standard InChI is InChI=1S/C12H15F2NO4S2/c1-15(8-9-2-3-9)21(18,19)11-6-4-10(5-7-11)20(16,17)12(13)14/h4-7,9,12H,2-3,8H2,1H3. The Morgan fingerprint density at radius 3 is 2.00 bits per heavy atom. The fourth-order valence-electron chi connectivity index (χ4n) is 1.85. The Morgan fingerprint density at radius 1 is 1.10 bits per heavy atom. The minimum absolute atomic E-state index is 0.112. The molecule has 1 aliphatic rings. The van der Waals surface area contributed by atoms with E-state index in [-0.39, 0.29) is 4.90 Å². The molecule has 0 heterocycles. The lowest BCUT2D eigenvalue weighted by atomic mass is 10.4. The second kappa shape index (κ2) is 5.62. The van der Waals surface area contributed by atoms with Gasteiger partial charge in [0.05, 0.1) is 9.79 Å². The molecule has 118 valence electrons. The van der Waals surface area contributed by atoms with Crippen molar-refractivity contribution in [1.82, 2.24) is 4.31 Å². The molecule has 0 spiro atoms. The summed E-state index contributed by atoms with van der Waals surface area (Å²) in [5.41, 5.74) is 0. The van der Waals surface area contributed by atoms with Crippen LogP contribution in [0.4, 0.5) is 8.78 Å². The number of alkyl halides is 2. The summed E-state index contributed by atoms with van der Waals surface area (Å²) in [4.78, 5) is -0.708. The first-order valence-electron chi connectivity index (χ1n) is 6.24. The van der Waals surface area contributed by atoms with Crippen LogP contribution in [-0.2, 0) is 19.9 Å². The molecule has 1 aliphatic carbocycles. The number of nitrogens with zero attached hydrogens (tertiary/aromatic N) is 1. The predicted molar refractivity (Wildman–Crippen MR) is 72.2 cm³/mol. The van der Waals surface area contributed by atoms with E-state index in [1.54, 1.807) is 0 Å². The summed E-state index contributed by atoms with van der Waals surface area (Å²) < 4.78 is 73.0. The molecule has 0 aromatic heterocycles. The van der Waals surface area contributed by atoms with Crippen LogP contribution in [-0.4, -0.2) is 40.5 Å². The van der Waals surface area contributed by atoms with Crippen LogP contribution in [0.15, 0.2) is 34.1 Å². The number of sulfonamides is 1. The predicted octanol–water partition coefficient (Wildman–Crippen LogP) is 1.71. The van der Waals surface area contributed by atoms with Crippen molar-refractivity contribution in [2.75, 3.05) is 13.6 Å². The van der Waals surface area contributed by atoms with E-state index in [1.807, 2.05) is 0 Å². The molecule has 1 saturated carbocycles. The van der Waals surface area contributed by atoms with Gasteiger partial charge in [-0.3, -0.25) is 0 Å². The van der Waals surface area contributed by atoms with Crippen molar-refractivity contribution >= 4 is 19.9 Å². The molecule has 2 rings (SSSR count). The molecule has 0 N–H and O–H groups in total. The zero-order valence-electron chi connectivity index (χ0n) is 11.2. The summed E-state index contributed by atoms with van der Waals surface area (Å²) in [6.45, 7) is 0.402. The first kappa shape index (κ1) is 16.3. The molecule has 1 aromatic carbocycles. The second-order valence-corrected chi connectivity index (χ2v) is 8.97. The fraction of sp³-hybridized carbons (Fsp3) is 0.500. The van der Waals surface area contributed by atoms with Crippen LogP contribution in [0.2, 0.25) is 0 Å². The maximum atomic E-state index is 12.4. The Labute approximate surface area is 122 Å². The number of hydrogen-bond donors (Lipinski definition) is 0. The van der Waals surface area contributed by atoms with Gasteiger partial charge in [-0.25, -0.2) is 21.1 Å². The highest BCUT2D eigenvalue weighted by Gasteiger charge is 2.30. The zero-order chi connectivity index (χ0) is 15.8. The molecule has 21 heavy (non-hydrogen) atoms. The lowest BCUT2D eigenvalue weighted by Crippen LogP contribution is -2.29. The number of rotatable bonds is 6. The number of halogens is 2. The lowest BCUT2D eigenvalue weighted by molar-refractivity contribution is 0.234. The van der Waals surface area contributed by atoms with Crippen LogP contribution >= 0.6 is 0 Å². The van der Waals surface area contributed by atoms with Gasteiger partial charge in [0, 0.05) is 13.6 Å². The Kier molecular flexibility index (Phi) is 4.36. The SMILES string of the molecule is CN(CC1CC1)S(=O)(=O)c1ccc(S(=O)(=O)C(F)F)cc1. The summed E-state index contributed by atoms with van der Waals surface area (Å²) in [7, 11) is -6.99. The highest BCUT2D eigenvalue weighted by atomic mass is 32.2. The third-order valence-electron chi connectivity index (χ3n) is 3.31. The molecule has 9 heteroatoms. The van der Waals surface area contributed by atoms with E-state index in [0.717, 1.165) is 37.1 Å². The van der Waals surface area contributed by atoms with Gasteiger partial charge < -0.3 is 0 Å². The molecule has 5 nitrogen and oxygen atoms in total. The summed E-state index contributed by atoms with van der Waals surface area (Å²) in [5, 5.41) is 0. The topological polar surface area (TPSA) is 71.5 Å². The van der Waals surface area contributed by atoms with Crippen LogP contribution in [0.1, 0.15) is 12.8 Å². The van der Waals surface area contributed by atoms with Gasteiger partial charge in [-0.05, 0) is 43.0 Å². The zero-order valence-corrected chi connectivity index (χ0v) is 12.9. The average molecular weight is 339 g/mol. The monoisotopic (exact) mass is 339 g/mol. The molecule has 0 atom stereocenters. The molecular weight excluding hydrogens is 324 g/mol. The molecular formula is C12H15F2NO4S2. The van der Waals surface area contributed by atoms with Gasteiger partial charge in [0.25, 0.3) is 0 Å². The maximum absolute atomic E-state index is 12.4. The lowest BCUT2D eigenvalue weighted by Gasteiger charge is -2.17. The van der Waals surface area contributed by atoms with E-state index in [9.17, 15) is 25.6 Å². The van der Waals surface area contributed by atoms with Crippen molar-refractivity contribution in [3.05, 3.63) is 24.3 Å². The molecule has 0 bridgehead atoms. The Hall–Kier alpha value is -1.06. The quantitative estimate of drug-likeness (QED) is 0.791. The molecule has 1 fully saturated rings. The average Bonchev–Trinajstić information content (AvgIpc) is 3.22. The third-order valence-corrected chi connectivity index (χ3v) is 6.54. The van der Waals surface area contributed by atoms with Crippen molar-refractivity contribution in [2.45, 2.75) is 28.4 Å². The van der Waals surface area contributed by atoms with Crippen LogP contribution in [0.25, 0.3) is 0 Å². The Bertz CT molecular complexity index is 710. The van der Waals surface area contributed by atoms with Crippen LogP contribution < -0.4 is 0 Å². The van der Waals surface area contributed by atoms with Crippen LogP contribution in [0.3, 0.4) is 0 Å². The highest BCUT2D eigenvalue weighted by Crippen LogP contribution is 2.31. The van der Waals surface area contributed by atoms with Gasteiger partial charge in [-0.2, -0.15) is 8.78 Å². The smallest absolute Gasteiger partial charge is 0.218 e. The van der Waals surface area contributed by atoms with E-state index < -0.39 is 30.5 Å². The second-order valence-electron chi connectivity index (χ2n) is 5.01. The van der Waals surface area contributed by atoms with Crippen molar-refractivity contribution in [1.29, 1.82) is 0 Å². The largest absolute Gasteiger partial charge is 0.341 e. The minimum Gasteiger partial charge on any atom is -0.218 e. The summed E-state index contributed by atoms with van der Waals surface area (Å²) >= 11 is 0. The molecule has 0 saturated heterocycles. The number of hydrogen-bond acceptors (Lipinski definition) is 4. The van der Waals surface area contributed by atoms with E-state index >= 15 is 0 Å². The van der Waals surface area contributed by atoms with Crippen molar-refractivity contribution in [3.8, 4) is 0 Å². The first-order valence-corrected chi connectivity index (χ1v) is 9.23. The fourth-order valence-corrected chi connectivity index (χ4v) is 3.81. The normalized spacial score (nSPS) is 16.6. The van der Waals surface area contributed by atoms with Crippen molar-refractivity contribution in [3.63, 3.8) is 0 Å². The number of benzene rings is 1. The summed E-state index contributed by atoms with van der Waals surface area (Å²) in [6.07, 6.45) is 1.98. The van der Waals surface area contributed by atoms with Crippen LogP contribution in [0.5, 0.6) is 0 Å². The minimum atomic E-state index is -4.71. The van der Waals surface area contributed by atoms with Gasteiger partial charge in [0.2, 0.25) is 19.9 Å². The van der Waals surface area contributed by atoms with E-state index in [4.69, 9.17) is 0 Å². The van der Waals surface area contributed by atoms with Gasteiger partial charge in [0.15, 0.2) is 0 Å². The number of sulfone groups is 1. The molecule has 0 amide bonds. The molecule has 1 aromatic rings. The van der Waals surface area contributed by atoms with Crippen LogP contribution in [0, 0.1) is 5.92 Å². The van der Waals surface area contributed by atoms with Crippen molar-refractivity contribution in [2.24, 2.45) is 5.92 Å². The first-order chi connectivity index (χ1) is 9.65. The van der Waals surface area contributed by atoms with Gasteiger partial charge in [-0.15, -0.1) is 0 Å². The van der Waals surface area contributed by atoms with Gasteiger partial charge in [-0.1, -0.05) is 0 Å². The maximum Gasteiger partial charge on any atom is 0.341 e. The van der Waals surface area contributed by atoms with E-state index in [0.29, 0.717) is 12.5 Å². The van der Waals surface area contributed by atoms with Gasteiger partial charge >= 0.3 is 5.76 Å². The molecule has 0 aliphatic heterocycles. The molecule has 0 radical (unpaired) electrons.